The first-order chi connectivity index (χ1) is 6.45. The van der Waals surface area contributed by atoms with Gasteiger partial charge < -0.3 is 4.90 Å². The Labute approximate surface area is 85.0 Å². The van der Waals surface area contributed by atoms with Gasteiger partial charge in [0.25, 0.3) is 0 Å². The van der Waals surface area contributed by atoms with Crippen molar-refractivity contribution in [2.75, 3.05) is 13.1 Å². The van der Waals surface area contributed by atoms with Crippen LogP contribution in [-0.2, 0) is 4.79 Å². The summed E-state index contributed by atoms with van der Waals surface area (Å²) in [6.07, 6.45) is 6.15. The Hall–Kier alpha value is -1.23. The van der Waals surface area contributed by atoms with Gasteiger partial charge in [0.1, 0.15) is 0 Å². The number of hydrogen-bond donors (Lipinski definition) is 0. The minimum atomic E-state index is -0.274. The van der Waals surface area contributed by atoms with Crippen molar-refractivity contribution in [3.8, 4) is 12.3 Å². The highest BCUT2D eigenvalue weighted by atomic mass is 16.2. The van der Waals surface area contributed by atoms with Crippen LogP contribution in [0.1, 0.15) is 20.3 Å². The first kappa shape index (κ1) is 9.33. The van der Waals surface area contributed by atoms with Crippen molar-refractivity contribution in [2.45, 2.75) is 20.3 Å². The molecule has 74 valence electrons. The predicted molar refractivity (Wildman–Crippen MR) is 55.4 cm³/mol. The van der Waals surface area contributed by atoms with E-state index >= 15 is 0 Å². The molecule has 1 aliphatic heterocycles. The van der Waals surface area contributed by atoms with Gasteiger partial charge in [0.05, 0.1) is 12.0 Å². The van der Waals surface area contributed by atoms with Crippen LogP contribution in [0.3, 0.4) is 0 Å². The van der Waals surface area contributed by atoms with Crippen molar-refractivity contribution < 1.29 is 4.79 Å². The Morgan fingerprint density at radius 1 is 1.64 bits per heavy atom. The summed E-state index contributed by atoms with van der Waals surface area (Å²) in [5, 5.41) is 0. The third-order valence-electron chi connectivity index (χ3n) is 3.66. The van der Waals surface area contributed by atoms with Crippen LogP contribution in [0.15, 0.2) is 12.2 Å². The average Bonchev–Trinajstić information content (AvgIpc) is 2.61. The Kier molecular flexibility index (Phi) is 1.61. The van der Waals surface area contributed by atoms with Gasteiger partial charge in [0.2, 0.25) is 5.91 Å². The summed E-state index contributed by atoms with van der Waals surface area (Å²) in [5.41, 5.74) is 0.858. The van der Waals surface area contributed by atoms with Crippen LogP contribution in [-0.4, -0.2) is 23.9 Å². The van der Waals surface area contributed by atoms with Crippen LogP contribution in [0.4, 0.5) is 0 Å². The maximum atomic E-state index is 12.1. The molecule has 1 saturated carbocycles. The minimum Gasteiger partial charge on any atom is -0.327 e. The molecule has 1 spiro atoms. The summed E-state index contributed by atoms with van der Waals surface area (Å²) in [6.45, 7) is 9.32. The molecule has 1 amide bonds. The second kappa shape index (κ2) is 2.42. The van der Waals surface area contributed by atoms with Gasteiger partial charge in [-0.05, 0) is 17.4 Å². The minimum absolute atomic E-state index is 0.0878. The number of terminal acetylenes is 1. The fourth-order valence-electron chi connectivity index (χ4n) is 2.68. The van der Waals surface area contributed by atoms with Gasteiger partial charge in [0, 0.05) is 6.54 Å². The van der Waals surface area contributed by atoms with Crippen LogP contribution in [0.5, 0.6) is 0 Å². The zero-order valence-corrected chi connectivity index (χ0v) is 8.76. The van der Waals surface area contributed by atoms with Crippen molar-refractivity contribution in [1.29, 1.82) is 0 Å². The number of carbonyl (C=O) groups is 1. The van der Waals surface area contributed by atoms with Crippen LogP contribution in [0.2, 0.25) is 0 Å². The molecule has 0 radical (unpaired) electrons. The molecule has 1 atom stereocenters. The molecule has 2 rings (SSSR count). The van der Waals surface area contributed by atoms with E-state index in [1.165, 1.54) is 0 Å². The molecule has 1 aliphatic carbocycles. The molecule has 0 N–H and O–H groups in total. The summed E-state index contributed by atoms with van der Waals surface area (Å²) in [4.78, 5) is 13.8. The van der Waals surface area contributed by atoms with Crippen molar-refractivity contribution >= 4 is 5.91 Å². The Balaban J connectivity index is 2.29. The van der Waals surface area contributed by atoms with E-state index in [1.807, 2.05) is 0 Å². The lowest BCUT2D eigenvalue weighted by atomic mass is 9.91. The van der Waals surface area contributed by atoms with E-state index in [1.54, 1.807) is 4.90 Å². The first-order valence-corrected chi connectivity index (χ1v) is 4.87. The van der Waals surface area contributed by atoms with Gasteiger partial charge in [0.15, 0.2) is 0 Å². The number of carbonyl (C=O) groups excluding carboxylic acids is 1. The zero-order chi connectivity index (χ0) is 10.6. The summed E-state index contributed by atoms with van der Waals surface area (Å²) in [7, 11) is 0. The number of hydrogen-bond acceptors (Lipinski definition) is 1. The monoisotopic (exact) mass is 189 g/mol. The molecular weight excluding hydrogens is 174 g/mol. The lowest BCUT2D eigenvalue weighted by Crippen LogP contribution is -2.29. The Bertz CT molecular complexity index is 361. The third-order valence-corrected chi connectivity index (χ3v) is 3.66. The third kappa shape index (κ3) is 0.850. The van der Waals surface area contributed by atoms with E-state index in [4.69, 9.17) is 6.42 Å². The van der Waals surface area contributed by atoms with E-state index in [9.17, 15) is 4.79 Å². The highest BCUT2D eigenvalue weighted by molar-refractivity contribution is 5.94. The molecule has 0 aromatic heterocycles. The average molecular weight is 189 g/mol. The molecule has 1 heterocycles. The van der Waals surface area contributed by atoms with E-state index in [2.05, 4.69) is 26.3 Å². The number of likely N-dealkylation sites (tertiary alicyclic amines) is 1. The van der Waals surface area contributed by atoms with Gasteiger partial charge in [-0.25, -0.2) is 0 Å². The number of rotatable bonds is 1. The van der Waals surface area contributed by atoms with E-state index < -0.39 is 0 Å². The highest BCUT2D eigenvalue weighted by Gasteiger charge is 2.71. The van der Waals surface area contributed by atoms with E-state index in [0.717, 1.165) is 12.0 Å². The highest BCUT2D eigenvalue weighted by Crippen LogP contribution is 2.69. The predicted octanol–water partition coefficient (Wildman–Crippen LogP) is 1.43. The Morgan fingerprint density at radius 2 is 2.21 bits per heavy atom. The molecule has 1 saturated heterocycles. The standard InChI is InChI=1S/C12H15NO/c1-5-6-13-7-9(2)12(10(13)14)8-11(12,3)4/h1H,2,6-8H2,3-4H3. The van der Waals surface area contributed by atoms with Gasteiger partial charge in [-0.2, -0.15) is 0 Å². The number of amides is 1. The first-order valence-electron chi connectivity index (χ1n) is 4.87. The normalized spacial score (nSPS) is 33.6. The van der Waals surface area contributed by atoms with Crippen LogP contribution < -0.4 is 0 Å². The fraction of sp³-hybridized carbons (Fsp3) is 0.583. The Morgan fingerprint density at radius 3 is 2.57 bits per heavy atom. The van der Waals surface area contributed by atoms with Gasteiger partial charge in [-0.3, -0.25) is 4.79 Å². The molecule has 0 aromatic carbocycles. The second-order valence-corrected chi connectivity index (χ2v) is 4.93. The molecule has 2 heteroatoms. The van der Waals surface area contributed by atoms with Crippen LogP contribution >= 0.6 is 0 Å². The maximum Gasteiger partial charge on any atom is 0.234 e. The summed E-state index contributed by atoms with van der Waals surface area (Å²) in [6, 6.07) is 0. The van der Waals surface area contributed by atoms with Gasteiger partial charge >= 0.3 is 0 Å². The molecule has 2 nitrogen and oxygen atoms in total. The van der Waals surface area contributed by atoms with Crippen molar-refractivity contribution in [1.82, 2.24) is 4.90 Å². The number of nitrogens with zero attached hydrogens (tertiary/aromatic N) is 1. The van der Waals surface area contributed by atoms with Crippen LogP contribution in [0.25, 0.3) is 0 Å². The molecule has 2 aliphatic rings. The summed E-state index contributed by atoms with van der Waals surface area (Å²) >= 11 is 0. The van der Waals surface area contributed by atoms with Crippen molar-refractivity contribution in [3.63, 3.8) is 0 Å². The molecule has 0 bridgehead atoms. The maximum absolute atomic E-state index is 12.1. The molecule has 0 aromatic rings. The molecule has 1 unspecified atom stereocenters. The van der Waals surface area contributed by atoms with E-state index in [0.29, 0.717) is 13.1 Å². The lowest BCUT2D eigenvalue weighted by Gasteiger charge is -2.14. The van der Waals surface area contributed by atoms with Gasteiger partial charge in [-0.15, -0.1) is 6.42 Å². The lowest BCUT2D eigenvalue weighted by molar-refractivity contribution is -0.132. The molecule has 2 fully saturated rings. The van der Waals surface area contributed by atoms with Crippen LogP contribution in [0, 0.1) is 23.2 Å². The quantitative estimate of drug-likeness (QED) is 0.451. The van der Waals surface area contributed by atoms with Crippen molar-refractivity contribution in [2.24, 2.45) is 10.8 Å². The molecule has 14 heavy (non-hydrogen) atoms. The largest absolute Gasteiger partial charge is 0.327 e. The fourth-order valence-corrected chi connectivity index (χ4v) is 2.68. The second-order valence-electron chi connectivity index (χ2n) is 4.93. The summed E-state index contributed by atoms with van der Waals surface area (Å²) < 4.78 is 0. The van der Waals surface area contributed by atoms with Gasteiger partial charge in [-0.1, -0.05) is 26.3 Å². The van der Waals surface area contributed by atoms with Crippen molar-refractivity contribution in [3.05, 3.63) is 12.2 Å². The topological polar surface area (TPSA) is 20.3 Å². The summed E-state index contributed by atoms with van der Waals surface area (Å²) in [5.74, 6) is 2.70. The van der Waals surface area contributed by atoms with E-state index in [-0.39, 0.29) is 16.7 Å². The molecular formula is C12H15NO. The SMILES string of the molecule is C#CCN1CC(=C)C2(CC2(C)C)C1=O. The smallest absolute Gasteiger partial charge is 0.234 e. The zero-order valence-electron chi connectivity index (χ0n) is 8.76.